The maximum atomic E-state index is 11.8. The van der Waals surface area contributed by atoms with Gasteiger partial charge >= 0.3 is 5.97 Å². The molecule has 0 radical (unpaired) electrons. The quantitative estimate of drug-likeness (QED) is 0.529. The van der Waals surface area contributed by atoms with Crippen LogP contribution in [0.5, 0.6) is 5.88 Å². The van der Waals surface area contributed by atoms with Crippen LogP contribution in [-0.2, 0) is 4.79 Å². The Hall–Kier alpha value is -2.69. The number of hydrogen-bond donors (Lipinski definition) is 0. The molecule has 0 atom stereocenters. The zero-order chi connectivity index (χ0) is 14.3. The Balaban J connectivity index is 2.40. The monoisotopic (exact) mass is 268 g/mol. The van der Waals surface area contributed by atoms with Crippen molar-refractivity contribution in [3.63, 3.8) is 0 Å². The second kappa shape index (κ2) is 4.45. The molecule has 1 aromatic carbocycles. The lowest BCUT2D eigenvalue weighted by atomic mass is 10.2. The number of esters is 1. The smallest absolute Gasteiger partial charge is 0.309 e. The maximum absolute atomic E-state index is 11.8. The normalized spacial score (nSPS) is 10.9. The second-order valence-electron chi connectivity index (χ2n) is 4.51. The first-order chi connectivity index (χ1) is 9.58. The van der Waals surface area contributed by atoms with Crippen molar-refractivity contribution in [1.82, 2.24) is 9.38 Å². The van der Waals surface area contributed by atoms with Crippen LogP contribution in [0.2, 0.25) is 0 Å². The summed E-state index contributed by atoms with van der Waals surface area (Å²) in [6.07, 6.45) is 1.76. The van der Waals surface area contributed by atoms with Crippen molar-refractivity contribution in [3.8, 4) is 5.88 Å². The number of nitrogens with zero attached hydrogens (tertiary/aromatic N) is 2. The summed E-state index contributed by atoms with van der Waals surface area (Å²) in [6, 6.07) is 9.60. The van der Waals surface area contributed by atoms with Gasteiger partial charge in [0.25, 0.3) is 5.88 Å². The van der Waals surface area contributed by atoms with Crippen molar-refractivity contribution in [3.05, 3.63) is 42.2 Å². The van der Waals surface area contributed by atoms with Crippen molar-refractivity contribution in [2.75, 3.05) is 0 Å². The van der Waals surface area contributed by atoms with Crippen molar-refractivity contribution in [2.24, 2.45) is 0 Å². The molecule has 100 valence electrons. The van der Waals surface area contributed by atoms with Crippen molar-refractivity contribution < 1.29 is 14.3 Å². The molecule has 0 spiro atoms. The molecule has 0 aliphatic heterocycles. The van der Waals surface area contributed by atoms with Crippen LogP contribution in [-0.4, -0.2) is 21.1 Å². The molecule has 2 aromatic heterocycles. The van der Waals surface area contributed by atoms with Crippen LogP contribution in [0.1, 0.15) is 24.3 Å². The fraction of sp³-hybridized carbons (Fsp3) is 0.133. The Morgan fingerprint density at radius 3 is 2.60 bits per heavy atom. The van der Waals surface area contributed by atoms with Gasteiger partial charge in [0.1, 0.15) is 5.65 Å². The summed E-state index contributed by atoms with van der Waals surface area (Å²) in [6.45, 7) is 2.71. The van der Waals surface area contributed by atoms with Gasteiger partial charge in [-0.15, -0.1) is 0 Å². The van der Waals surface area contributed by atoms with Crippen LogP contribution in [0.3, 0.4) is 0 Å². The van der Waals surface area contributed by atoms with E-state index in [4.69, 9.17) is 4.74 Å². The number of hydrogen-bond acceptors (Lipinski definition) is 4. The molecule has 0 saturated carbocycles. The third-order valence-corrected chi connectivity index (χ3v) is 3.06. The molecule has 5 nitrogen and oxygen atoms in total. The van der Waals surface area contributed by atoms with Gasteiger partial charge in [0, 0.05) is 25.4 Å². The van der Waals surface area contributed by atoms with E-state index >= 15 is 0 Å². The number of Topliss-reactive ketones (excluding diaryl/α,β-unsaturated/α-hetero) is 1. The molecule has 0 aliphatic rings. The Morgan fingerprint density at radius 1 is 1.15 bits per heavy atom. The fourth-order valence-corrected chi connectivity index (χ4v) is 2.28. The SMILES string of the molecule is CC(=O)Oc1nc2c3ccccc3ccn2c1C(C)=O. The minimum Gasteiger partial charge on any atom is -0.405 e. The zero-order valence-corrected chi connectivity index (χ0v) is 11.1. The highest BCUT2D eigenvalue weighted by Gasteiger charge is 2.20. The summed E-state index contributed by atoms with van der Waals surface area (Å²) in [7, 11) is 0. The molecule has 0 aliphatic carbocycles. The zero-order valence-electron chi connectivity index (χ0n) is 11.1. The van der Waals surface area contributed by atoms with Crippen LogP contribution in [0, 0.1) is 0 Å². The van der Waals surface area contributed by atoms with Gasteiger partial charge in [-0.1, -0.05) is 24.3 Å². The molecular formula is C15H12N2O3. The Bertz CT molecular complexity index is 849. The Labute approximate surface area is 114 Å². The average molecular weight is 268 g/mol. The molecule has 0 N–H and O–H groups in total. The van der Waals surface area contributed by atoms with E-state index in [1.807, 2.05) is 30.3 Å². The molecule has 0 saturated heterocycles. The minimum atomic E-state index is -0.500. The van der Waals surface area contributed by atoms with Gasteiger partial charge in [-0.05, 0) is 11.5 Å². The summed E-state index contributed by atoms with van der Waals surface area (Å²) in [5, 5.41) is 1.91. The molecule has 2 heterocycles. The maximum Gasteiger partial charge on any atom is 0.309 e. The van der Waals surface area contributed by atoms with Gasteiger partial charge in [0.15, 0.2) is 11.5 Å². The highest BCUT2D eigenvalue weighted by Crippen LogP contribution is 2.26. The molecule has 20 heavy (non-hydrogen) atoms. The first-order valence-electron chi connectivity index (χ1n) is 6.17. The van der Waals surface area contributed by atoms with Crippen molar-refractivity contribution in [1.29, 1.82) is 0 Å². The third-order valence-electron chi connectivity index (χ3n) is 3.06. The van der Waals surface area contributed by atoms with Crippen molar-refractivity contribution in [2.45, 2.75) is 13.8 Å². The van der Waals surface area contributed by atoms with Crippen LogP contribution in [0.4, 0.5) is 0 Å². The fourth-order valence-electron chi connectivity index (χ4n) is 2.28. The van der Waals surface area contributed by atoms with Crippen LogP contribution >= 0.6 is 0 Å². The average Bonchev–Trinajstić information content (AvgIpc) is 2.76. The van der Waals surface area contributed by atoms with Gasteiger partial charge in [0.2, 0.25) is 0 Å². The Morgan fingerprint density at radius 2 is 1.90 bits per heavy atom. The van der Waals surface area contributed by atoms with Crippen LogP contribution in [0.15, 0.2) is 36.5 Å². The highest BCUT2D eigenvalue weighted by molar-refractivity contribution is 6.00. The lowest BCUT2D eigenvalue weighted by Gasteiger charge is -2.02. The number of imidazole rings is 1. The molecule has 0 bridgehead atoms. The molecule has 3 aromatic rings. The van der Waals surface area contributed by atoms with E-state index in [9.17, 15) is 9.59 Å². The van der Waals surface area contributed by atoms with Gasteiger partial charge in [0.05, 0.1) is 0 Å². The number of ketones is 1. The Kier molecular flexibility index (Phi) is 2.75. The van der Waals surface area contributed by atoms with E-state index in [2.05, 4.69) is 4.98 Å². The van der Waals surface area contributed by atoms with E-state index in [1.165, 1.54) is 13.8 Å². The van der Waals surface area contributed by atoms with E-state index in [0.29, 0.717) is 5.65 Å². The molecule has 0 unspecified atom stereocenters. The highest BCUT2D eigenvalue weighted by atomic mass is 16.5. The predicted octanol–water partition coefficient (Wildman–Crippen LogP) is 2.62. The van der Waals surface area contributed by atoms with Gasteiger partial charge in [-0.3, -0.25) is 14.0 Å². The number of carbonyl (C=O) groups excluding carboxylic acids is 2. The summed E-state index contributed by atoms with van der Waals surface area (Å²) in [5.41, 5.74) is 0.880. The molecule has 3 rings (SSSR count). The number of rotatable bonds is 2. The summed E-state index contributed by atoms with van der Waals surface area (Å²) < 4.78 is 6.70. The molecule has 0 amide bonds. The standard InChI is InChI=1S/C15H12N2O3/c1-9(18)13-15(20-10(2)19)16-14-12-6-4-3-5-11(12)7-8-17(13)14/h3-8H,1-2H3. The number of pyridine rings is 1. The molecular weight excluding hydrogens is 256 g/mol. The van der Waals surface area contributed by atoms with Crippen LogP contribution in [0.25, 0.3) is 16.4 Å². The van der Waals surface area contributed by atoms with E-state index < -0.39 is 5.97 Å². The van der Waals surface area contributed by atoms with E-state index in [1.54, 1.807) is 10.6 Å². The van der Waals surface area contributed by atoms with Gasteiger partial charge < -0.3 is 4.74 Å². The van der Waals surface area contributed by atoms with E-state index in [-0.39, 0.29) is 17.4 Å². The predicted molar refractivity (Wildman–Crippen MR) is 74.0 cm³/mol. The largest absolute Gasteiger partial charge is 0.405 e. The van der Waals surface area contributed by atoms with Crippen molar-refractivity contribution >= 4 is 28.2 Å². The summed E-state index contributed by atoms with van der Waals surface area (Å²) in [4.78, 5) is 27.3. The summed E-state index contributed by atoms with van der Waals surface area (Å²) in [5.74, 6) is -0.648. The summed E-state index contributed by atoms with van der Waals surface area (Å²) >= 11 is 0. The number of ether oxygens (including phenoxy) is 1. The first kappa shape index (κ1) is 12.3. The minimum absolute atomic E-state index is 0.0568. The number of aromatic nitrogens is 2. The van der Waals surface area contributed by atoms with E-state index in [0.717, 1.165) is 10.8 Å². The topological polar surface area (TPSA) is 60.7 Å². The number of fused-ring (bicyclic) bond motifs is 3. The van der Waals surface area contributed by atoms with Gasteiger partial charge in [-0.25, -0.2) is 0 Å². The lowest BCUT2D eigenvalue weighted by molar-refractivity contribution is -0.132. The molecule has 5 heteroatoms. The van der Waals surface area contributed by atoms with Gasteiger partial charge in [-0.2, -0.15) is 4.98 Å². The third kappa shape index (κ3) is 1.84. The number of benzene rings is 1. The second-order valence-corrected chi connectivity index (χ2v) is 4.51. The number of carbonyl (C=O) groups is 2. The van der Waals surface area contributed by atoms with Crippen LogP contribution < -0.4 is 4.74 Å². The first-order valence-corrected chi connectivity index (χ1v) is 6.17. The lowest BCUT2D eigenvalue weighted by Crippen LogP contribution is -2.07. The molecule has 0 fully saturated rings.